The fraction of sp³-hybridized carbons (Fsp3) is 0.462. The van der Waals surface area contributed by atoms with Crippen molar-refractivity contribution in [3.63, 3.8) is 0 Å². The van der Waals surface area contributed by atoms with Crippen LogP contribution >= 0.6 is 0 Å². The summed E-state index contributed by atoms with van der Waals surface area (Å²) in [4.78, 5) is 25.2. The van der Waals surface area contributed by atoms with E-state index in [2.05, 4.69) is 23.1 Å². The molecule has 1 aliphatic heterocycles. The van der Waals surface area contributed by atoms with Gasteiger partial charge in [0.1, 0.15) is 18.5 Å². The molecular weight excluding hydrogens is 406 g/mol. The molecule has 6 heteroatoms. The maximum atomic E-state index is 12.3. The first-order chi connectivity index (χ1) is 15.6. The summed E-state index contributed by atoms with van der Waals surface area (Å²) in [6.07, 6.45) is 4.09. The molecule has 2 aromatic carbocycles. The van der Waals surface area contributed by atoms with E-state index in [1.807, 2.05) is 36.4 Å². The van der Waals surface area contributed by atoms with E-state index in [9.17, 15) is 9.59 Å². The van der Waals surface area contributed by atoms with Crippen LogP contribution in [0.25, 0.3) is 0 Å². The van der Waals surface area contributed by atoms with Crippen LogP contribution in [-0.4, -0.2) is 54.3 Å². The summed E-state index contributed by atoms with van der Waals surface area (Å²) in [6.45, 7) is 2.92. The molecule has 172 valence electrons. The van der Waals surface area contributed by atoms with Gasteiger partial charge in [0.2, 0.25) is 0 Å². The van der Waals surface area contributed by atoms with Crippen LogP contribution in [0.2, 0.25) is 0 Å². The Hall–Kier alpha value is -2.86. The molecular formula is C26H33NO5. The summed E-state index contributed by atoms with van der Waals surface area (Å²) in [5, 5.41) is 8.77. The number of aliphatic carboxylic acids is 1. The van der Waals surface area contributed by atoms with Gasteiger partial charge in [0.15, 0.2) is 0 Å². The number of carbonyl (C=O) groups excluding carboxylic acids is 1. The van der Waals surface area contributed by atoms with Crippen molar-refractivity contribution in [3.05, 3.63) is 65.7 Å². The van der Waals surface area contributed by atoms with Gasteiger partial charge in [-0.1, -0.05) is 48.5 Å². The Balaban J connectivity index is 1.56. The summed E-state index contributed by atoms with van der Waals surface area (Å²) in [6, 6.07) is 18.4. The fourth-order valence-corrected chi connectivity index (χ4v) is 3.96. The molecule has 6 nitrogen and oxygen atoms in total. The third kappa shape index (κ3) is 8.35. The lowest BCUT2D eigenvalue weighted by atomic mass is 10.0. The van der Waals surface area contributed by atoms with Gasteiger partial charge in [-0.2, -0.15) is 0 Å². The molecule has 0 aliphatic carbocycles. The van der Waals surface area contributed by atoms with E-state index in [1.165, 1.54) is 5.56 Å². The zero-order valence-corrected chi connectivity index (χ0v) is 18.6. The number of carboxylic acid groups (broad SMARTS) is 1. The zero-order valence-electron chi connectivity index (χ0n) is 18.6. The standard InChI is InChI=1S/C26H33NO5/c28-25(29)13-8-14-26(30)32-23(19-27-17-6-7-18-27)20-31-24-12-5-4-11-22(24)16-15-21-9-2-1-3-10-21/h1-5,9-12,23H,6-8,13-20H2,(H,28,29). The predicted octanol–water partition coefficient (Wildman–Crippen LogP) is 4.11. The van der Waals surface area contributed by atoms with Crippen LogP contribution in [-0.2, 0) is 27.2 Å². The van der Waals surface area contributed by atoms with Crippen LogP contribution in [0.1, 0.15) is 43.2 Å². The molecule has 0 spiro atoms. The summed E-state index contributed by atoms with van der Waals surface area (Å²) < 4.78 is 11.8. The quantitative estimate of drug-likeness (QED) is 0.473. The van der Waals surface area contributed by atoms with Crippen molar-refractivity contribution in [2.24, 2.45) is 0 Å². The molecule has 1 N–H and O–H groups in total. The number of hydrogen-bond donors (Lipinski definition) is 1. The van der Waals surface area contributed by atoms with Crippen LogP contribution in [0.15, 0.2) is 54.6 Å². The molecule has 0 radical (unpaired) electrons. The average molecular weight is 440 g/mol. The second kappa shape index (κ2) is 12.9. The number of carboxylic acids is 1. The summed E-state index contributed by atoms with van der Waals surface area (Å²) in [7, 11) is 0. The molecule has 0 bridgehead atoms. The van der Waals surface area contributed by atoms with Gasteiger partial charge in [-0.05, 0) is 62.4 Å². The number of aryl methyl sites for hydroxylation is 2. The SMILES string of the molecule is O=C(O)CCCC(=O)OC(COc1ccccc1CCc1ccccc1)CN1CCCC1. The van der Waals surface area contributed by atoms with Gasteiger partial charge in [-0.3, -0.25) is 14.5 Å². The molecule has 1 fully saturated rings. The summed E-state index contributed by atoms with van der Waals surface area (Å²) in [5.41, 5.74) is 2.41. The summed E-state index contributed by atoms with van der Waals surface area (Å²) >= 11 is 0. The largest absolute Gasteiger partial charge is 0.489 e. The zero-order chi connectivity index (χ0) is 22.6. The molecule has 0 aromatic heterocycles. The van der Waals surface area contributed by atoms with Crippen molar-refractivity contribution in [2.45, 2.75) is 51.0 Å². The number of nitrogens with zero attached hydrogens (tertiary/aromatic N) is 1. The van der Waals surface area contributed by atoms with Gasteiger partial charge in [0, 0.05) is 19.4 Å². The molecule has 1 saturated heterocycles. The highest BCUT2D eigenvalue weighted by Gasteiger charge is 2.22. The molecule has 1 aliphatic rings. The lowest BCUT2D eigenvalue weighted by Gasteiger charge is -2.24. The molecule has 32 heavy (non-hydrogen) atoms. The van der Waals surface area contributed by atoms with Gasteiger partial charge in [0.25, 0.3) is 0 Å². The third-order valence-electron chi connectivity index (χ3n) is 5.65. The smallest absolute Gasteiger partial charge is 0.306 e. The molecule has 2 aromatic rings. The molecule has 0 amide bonds. The predicted molar refractivity (Wildman–Crippen MR) is 123 cm³/mol. The Morgan fingerprint density at radius 2 is 1.66 bits per heavy atom. The second-order valence-corrected chi connectivity index (χ2v) is 8.27. The number of likely N-dealkylation sites (tertiary alicyclic amines) is 1. The van der Waals surface area contributed by atoms with Gasteiger partial charge >= 0.3 is 11.9 Å². The third-order valence-corrected chi connectivity index (χ3v) is 5.65. The van der Waals surface area contributed by atoms with E-state index in [0.29, 0.717) is 6.54 Å². The Labute approximate surface area is 190 Å². The van der Waals surface area contributed by atoms with Crippen LogP contribution in [0.4, 0.5) is 0 Å². The number of carbonyl (C=O) groups is 2. The highest BCUT2D eigenvalue weighted by Crippen LogP contribution is 2.21. The van der Waals surface area contributed by atoms with Crippen molar-refractivity contribution in [2.75, 3.05) is 26.2 Å². The number of hydrogen-bond acceptors (Lipinski definition) is 5. The Morgan fingerprint density at radius 1 is 0.938 bits per heavy atom. The Bertz CT molecular complexity index is 848. The maximum Gasteiger partial charge on any atom is 0.306 e. The van der Waals surface area contributed by atoms with Gasteiger partial charge in [-0.25, -0.2) is 0 Å². The van der Waals surface area contributed by atoms with Crippen LogP contribution in [0, 0.1) is 0 Å². The Kier molecular flexibility index (Phi) is 9.57. The number of rotatable bonds is 13. The van der Waals surface area contributed by atoms with Gasteiger partial charge < -0.3 is 14.6 Å². The fourth-order valence-electron chi connectivity index (χ4n) is 3.96. The van der Waals surface area contributed by atoms with Crippen LogP contribution in [0.3, 0.4) is 0 Å². The second-order valence-electron chi connectivity index (χ2n) is 8.27. The molecule has 1 heterocycles. The lowest BCUT2D eigenvalue weighted by Crippen LogP contribution is -2.37. The highest BCUT2D eigenvalue weighted by atomic mass is 16.6. The topological polar surface area (TPSA) is 76.1 Å². The summed E-state index contributed by atoms with van der Waals surface area (Å²) in [5.74, 6) is -0.449. The van der Waals surface area contributed by atoms with E-state index in [1.54, 1.807) is 0 Å². The van der Waals surface area contributed by atoms with Crippen LogP contribution in [0.5, 0.6) is 5.75 Å². The van der Waals surface area contributed by atoms with E-state index < -0.39 is 5.97 Å². The average Bonchev–Trinajstić information content (AvgIpc) is 3.30. The van der Waals surface area contributed by atoms with E-state index in [0.717, 1.165) is 50.1 Å². The van der Waals surface area contributed by atoms with Crippen molar-refractivity contribution >= 4 is 11.9 Å². The first-order valence-corrected chi connectivity index (χ1v) is 11.5. The van der Waals surface area contributed by atoms with Crippen LogP contribution < -0.4 is 4.74 Å². The van der Waals surface area contributed by atoms with Crippen molar-refractivity contribution in [1.29, 1.82) is 0 Å². The first kappa shape index (κ1) is 23.8. The minimum Gasteiger partial charge on any atom is -0.489 e. The first-order valence-electron chi connectivity index (χ1n) is 11.5. The maximum absolute atomic E-state index is 12.3. The minimum atomic E-state index is -0.901. The molecule has 0 saturated carbocycles. The normalized spacial score (nSPS) is 14.8. The van der Waals surface area contributed by atoms with Gasteiger partial charge in [-0.15, -0.1) is 0 Å². The van der Waals surface area contributed by atoms with Crippen molar-refractivity contribution in [3.8, 4) is 5.75 Å². The minimum absolute atomic E-state index is 0.0306. The number of benzene rings is 2. The Morgan fingerprint density at radius 3 is 2.41 bits per heavy atom. The highest BCUT2D eigenvalue weighted by molar-refractivity contribution is 5.71. The van der Waals surface area contributed by atoms with Crippen molar-refractivity contribution < 1.29 is 24.2 Å². The monoisotopic (exact) mass is 439 g/mol. The van der Waals surface area contributed by atoms with E-state index in [4.69, 9.17) is 14.6 Å². The van der Waals surface area contributed by atoms with E-state index >= 15 is 0 Å². The number of esters is 1. The molecule has 1 unspecified atom stereocenters. The number of ether oxygens (including phenoxy) is 2. The van der Waals surface area contributed by atoms with Gasteiger partial charge in [0.05, 0.1) is 0 Å². The van der Waals surface area contributed by atoms with Crippen molar-refractivity contribution in [1.82, 2.24) is 4.90 Å². The lowest BCUT2D eigenvalue weighted by molar-refractivity contribution is -0.151. The number of para-hydroxylation sites is 1. The van der Waals surface area contributed by atoms with E-state index in [-0.39, 0.29) is 37.9 Å². The molecule has 1 atom stereocenters. The molecule has 3 rings (SSSR count).